The molecule has 11 heavy (non-hydrogen) atoms. The van der Waals surface area contributed by atoms with Crippen molar-refractivity contribution >= 4 is 13.0 Å². The third-order valence-corrected chi connectivity index (χ3v) is 1.13. The smallest absolute Gasteiger partial charge is 0.374 e. The molecule has 64 valence electrons. The van der Waals surface area contributed by atoms with E-state index < -0.39 is 13.1 Å². The standard InChI is InChI=1S/C6H14BNO3/c1-4-11-6(9)5(2)8-7(3)10/h5,8,10H,4H2,1-3H3/t5-/m0/s1. The molecule has 0 fully saturated rings. The number of nitrogens with one attached hydrogen (secondary N) is 1. The summed E-state index contributed by atoms with van der Waals surface area (Å²) in [6, 6.07) is -0.449. The molecule has 0 amide bonds. The minimum Gasteiger partial charge on any atom is -0.465 e. The topological polar surface area (TPSA) is 58.6 Å². The summed E-state index contributed by atoms with van der Waals surface area (Å²) in [4.78, 5) is 10.9. The van der Waals surface area contributed by atoms with Crippen molar-refractivity contribution in [1.29, 1.82) is 0 Å². The van der Waals surface area contributed by atoms with Gasteiger partial charge in [-0.15, -0.1) is 0 Å². The number of carbonyl (C=O) groups excluding carboxylic acids is 1. The monoisotopic (exact) mass is 159 g/mol. The number of esters is 1. The maximum Gasteiger partial charge on any atom is 0.374 e. The molecular weight excluding hydrogens is 145 g/mol. The summed E-state index contributed by atoms with van der Waals surface area (Å²) in [5.74, 6) is -0.339. The van der Waals surface area contributed by atoms with E-state index in [1.165, 1.54) is 0 Å². The van der Waals surface area contributed by atoms with Gasteiger partial charge < -0.3 is 15.0 Å². The molecule has 0 aliphatic carbocycles. The van der Waals surface area contributed by atoms with Crippen molar-refractivity contribution < 1.29 is 14.6 Å². The van der Waals surface area contributed by atoms with Crippen LogP contribution in [0, 0.1) is 0 Å². The maximum absolute atomic E-state index is 10.9. The van der Waals surface area contributed by atoms with Gasteiger partial charge in [0.2, 0.25) is 0 Å². The molecule has 0 radical (unpaired) electrons. The third-order valence-electron chi connectivity index (χ3n) is 1.13. The van der Waals surface area contributed by atoms with Gasteiger partial charge in [0.15, 0.2) is 0 Å². The first-order chi connectivity index (χ1) is 5.07. The van der Waals surface area contributed by atoms with E-state index in [2.05, 4.69) is 5.23 Å². The van der Waals surface area contributed by atoms with Crippen LogP contribution in [0.2, 0.25) is 6.82 Å². The second-order valence-corrected chi connectivity index (χ2v) is 2.32. The van der Waals surface area contributed by atoms with Gasteiger partial charge in [-0.1, -0.05) is 0 Å². The Hall–Kier alpha value is -0.545. The van der Waals surface area contributed by atoms with Crippen LogP contribution in [0.15, 0.2) is 0 Å². The molecule has 0 aromatic heterocycles. The average Bonchev–Trinajstić information content (AvgIpc) is 1.86. The fraction of sp³-hybridized carbons (Fsp3) is 0.833. The predicted octanol–water partition coefficient (Wildman–Crippen LogP) is -0.362. The van der Waals surface area contributed by atoms with Gasteiger partial charge in [-0.25, -0.2) is 0 Å². The van der Waals surface area contributed by atoms with Crippen molar-refractivity contribution in [2.24, 2.45) is 0 Å². The summed E-state index contributed by atoms with van der Waals surface area (Å²) in [6.07, 6.45) is 0. The number of ether oxygens (including phenoxy) is 1. The molecule has 0 heterocycles. The van der Waals surface area contributed by atoms with Crippen LogP contribution in [0.1, 0.15) is 13.8 Å². The Morgan fingerprint density at radius 2 is 2.36 bits per heavy atom. The van der Waals surface area contributed by atoms with E-state index >= 15 is 0 Å². The largest absolute Gasteiger partial charge is 0.465 e. The first-order valence-corrected chi connectivity index (χ1v) is 3.68. The van der Waals surface area contributed by atoms with Gasteiger partial charge in [0, 0.05) is 0 Å². The van der Waals surface area contributed by atoms with Gasteiger partial charge in [-0.3, -0.25) is 4.79 Å². The van der Waals surface area contributed by atoms with Gasteiger partial charge in [-0.05, 0) is 20.7 Å². The summed E-state index contributed by atoms with van der Waals surface area (Å²) in [5.41, 5.74) is 0. The fourth-order valence-electron chi connectivity index (χ4n) is 0.697. The number of rotatable bonds is 4. The lowest BCUT2D eigenvalue weighted by atomic mass is 9.87. The van der Waals surface area contributed by atoms with E-state index in [0.29, 0.717) is 6.61 Å². The Balaban J connectivity index is 3.64. The molecule has 0 rings (SSSR count). The summed E-state index contributed by atoms with van der Waals surface area (Å²) in [6.45, 7) is 5.30. The van der Waals surface area contributed by atoms with Gasteiger partial charge in [0.25, 0.3) is 0 Å². The SMILES string of the molecule is CCOC(=O)[C@H](C)NB(C)O. The van der Waals surface area contributed by atoms with Crippen molar-refractivity contribution in [3.8, 4) is 0 Å². The van der Waals surface area contributed by atoms with E-state index in [1.807, 2.05) is 0 Å². The highest BCUT2D eigenvalue weighted by atomic mass is 16.5. The molecule has 0 saturated carbocycles. The van der Waals surface area contributed by atoms with Crippen molar-refractivity contribution in [1.82, 2.24) is 5.23 Å². The first kappa shape index (κ1) is 10.5. The highest BCUT2D eigenvalue weighted by molar-refractivity contribution is 6.45. The molecule has 0 aliphatic rings. The quantitative estimate of drug-likeness (QED) is 0.434. The molecule has 0 aromatic rings. The Labute approximate surface area is 67.1 Å². The van der Waals surface area contributed by atoms with Crippen LogP contribution in [0.4, 0.5) is 0 Å². The minimum absolute atomic E-state index is 0.339. The zero-order valence-corrected chi connectivity index (χ0v) is 7.13. The zero-order valence-electron chi connectivity index (χ0n) is 7.13. The molecule has 0 bridgehead atoms. The molecule has 1 atom stereocenters. The van der Waals surface area contributed by atoms with Gasteiger partial charge >= 0.3 is 13.0 Å². The molecule has 0 saturated heterocycles. The molecule has 0 unspecified atom stereocenters. The van der Waals surface area contributed by atoms with Gasteiger partial charge in [-0.2, -0.15) is 0 Å². The van der Waals surface area contributed by atoms with Crippen molar-refractivity contribution in [3.05, 3.63) is 0 Å². The van der Waals surface area contributed by atoms with Crippen LogP contribution >= 0.6 is 0 Å². The Bertz CT molecular complexity index is 129. The highest BCUT2D eigenvalue weighted by Crippen LogP contribution is 1.87. The second-order valence-electron chi connectivity index (χ2n) is 2.32. The zero-order chi connectivity index (χ0) is 8.85. The molecule has 0 aromatic carbocycles. The van der Waals surface area contributed by atoms with E-state index in [4.69, 9.17) is 9.76 Å². The summed E-state index contributed by atoms with van der Waals surface area (Å²) < 4.78 is 4.69. The number of hydrogen-bond acceptors (Lipinski definition) is 4. The second kappa shape index (κ2) is 5.15. The van der Waals surface area contributed by atoms with Crippen molar-refractivity contribution in [2.45, 2.75) is 26.7 Å². The van der Waals surface area contributed by atoms with E-state index in [-0.39, 0.29) is 5.97 Å². The summed E-state index contributed by atoms with van der Waals surface area (Å²) >= 11 is 0. The molecule has 0 aliphatic heterocycles. The van der Waals surface area contributed by atoms with Crippen molar-refractivity contribution in [2.75, 3.05) is 6.61 Å². The van der Waals surface area contributed by atoms with Crippen LogP contribution in [0.3, 0.4) is 0 Å². The molecule has 2 N–H and O–H groups in total. The van der Waals surface area contributed by atoms with Crippen LogP contribution in [0.5, 0.6) is 0 Å². The normalized spacial score (nSPS) is 12.4. The van der Waals surface area contributed by atoms with E-state index in [0.717, 1.165) is 0 Å². The lowest BCUT2D eigenvalue weighted by Crippen LogP contribution is -2.43. The van der Waals surface area contributed by atoms with E-state index in [9.17, 15) is 4.79 Å². The van der Waals surface area contributed by atoms with Crippen molar-refractivity contribution in [3.63, 3.8) is 0 Å². The molecular formula is C6H14BNO3. The van der Waals surface area contributed by atoms with E-state index in [1.54, 1.807) is 20.7 Å². The van der Waals surface area contributed by atoms with Gasteiger partial charge in [0.1, 0.15) is 0 Å². The summed E-state index contributed by atoms with van der Waals surface area (Å²) in [5, 5.41) is 11.4. The molecule has 5 heteroatoms. The maximum atomic E-state index is 10.9. The molecule has 0 spiro atoms. The Morgan fingerprint density at radius 3 is 2.73 bits per heavy atom. The van der Waals surface area contributed by atoms with Gasteiger partial charge in [0.05, 0.1) is 12.6 Å². The highest BCUT2D eigenvalue weighted by Gasteiger charge is 2.16. The number of hydrogen-bond donors (Lipinski definition) is 2. The van der Waals surface area contributed by atoms with Crippen LogP contribution in [-0.2, 0) is 9.53 Å². The fourth-order valence-corrected chi connectivity index (χ4v) is 0.697. The first-order valence-electron chi connectivity index (χ1n) is 3.68. The number of carbonyl (C=O) groups is 1. The third kappa shape index (κ3) is 4.81. The molecule has 4 nitrogen and oxygen atoms in total. The van der Waals surface area contributed by atoms with Crippen LogP contribution in [0.25, 0.3) is 0 Å². The predicted molar refractivity (Wildman–Crippen MR) is 43.1 cm³/mol. The average molecular weight is 159 g/mol. The Morgan fingerprint density at radius 1 is 1.82 bits per heavy atom. The summed E-state index contributed by atoms with van der Waals surface area (Å²) in [7, 11) is -0.686. The van der Waals surface area contributed by atoms with Crippen LogP contribution < -0.4 is 5.23 Å². The van der Waals surface area contributed by atoms with Crippen LogP contribution in [-0.4, -0.2) is 30.7 Å². The lowest BCUT2D eigenvalue weighted by molar-refractivity contribution is -0.144. The lowest BCUT2D eigenvalue weighted by Gasteiger charge is -2.11. The minimum atomic E-state index is -0.686. The Kier molecular flexibility index (Phi) is 4.90.